The fourth-order valence-corrected chi connectivity index (χ4v) is 4.39. The van der Waals surface area contributed by atoms with Gasteiger partial charge in [0.15, 0.2) is 0 Å². The van der Waals surface area contributed by atoms with E-state index in [1.165, 1.54) is 5.56 Å². The summed E-state index contributed by atoms with van der Waals surface area (Å²) in [6.07, 6.45) is 2.42. The molecule has 2 aromatic carbocycles. The second-order valence-corrected chi connectivity index (χ2v) is 8.43. The van der Waals surface area contributed by atoms with Crippen LogP contribution in [0.1, 0.15) is 30.4 Å². The van der Waals surface area contributed by atoms with Gasteiger partial charge in [-0.3, -0.25) is 19.4 Å². The number of benzene rings is 2. The molecule has 2 aromatic rings. The Morgan fingerprint density at radius 3 is 2.44 bits per heavy atom. The summed E-state index contributed by atoms with van der Waals surface area (Å²) in [5, 5.41) is 12.0. The average Bonchev–Trinajstić information content (AvgIpc) is 3.11. The van der Waals surface area contributed by atoms with Crippen molar-refractivity contribution in [1.82, 2.24) is 9.80 Å². The Kier molecular flexibility index (Phi) is 7.15. The highest BCUT2D eigenvalue weighted by Gasteiger charge is 2.24. The molecule has 0 spiro atoms. The average molecular weight is 432 g/mol. The molecule has 7 heteroatoms. The van der Waals surface area contributed by atoms with E-state index in [9.17, 15) is 9.59 Å². The maximum absolute atomic E-state index is 12.8. The van der Waals surface area contributed by atoms with Crippen LogP contribution in [0.2, 0.25) is 0 Å². The molecule has 2 aliphatic heterocycles. The van der Waals surface area contributed by atoms with Crippen LogP contribution < -0.4 is 10.2 Å². The lowest BCUT2D eigenvalue weighted by Crippen LogP contribution is -2.36. The zero-order valence-corrected chi connectivity index (χ0v) is 18.3. The number of carbonyl (C=O) groups is 2. The van der Waals surface area contributed by atoms with Crippen LogP contribution in [0.25, 0.3) is 0 Å². The number of para-hydroxylation sites is 2. The van der Waals surface area contributed by atoms with Gasteiger partial charge in [-0.25, -0.2) is 0 Å². The first kappa shape index (κ1) is 22.0. The maximum atomic E-state index is 12.8. The van der Waals surface area contributed by atoms with Crippen molar-refractivity contribution in [3.63, 3.8) is 0 Å². The van der Waals surface area contributed by atoms with Crippen molar-refractivity contribution >= 4 is 23.2 Å². The number of nitrogens with one attached hydrogen (secondary N) is 1. The second kappa shape index (κ2) is 10.4. The van der Waals surface area contributed by atoms with Crippen LogP contribution in [0.3, 0.4) is 0 Å². The smallest absolute Gasteiger partial charge is 0.238 e. The Balaban J connectivity index is 1.30. The summed E-state index contributed by atoms with van der Waals surface area (Å²) in [6.45, 7) is 5.48. The van der Waals surface area contributed by atoms with E-state index in [0.29, 0.717) is 30.8 Å². The zero-order chi connectivity index (χ0) is 22.3. The third-order valence-corrected chi connectivity index (χ3v) is 6.08. The van der Waals surface area contributed by atoms with Crippen molar-refractivity contribution in [1.29, 1.82) is 5.26 Å². The molecule has 32 heavy (non-hydrogen) atoms. The van der Waals surface area contributed by atoms with Crippen LogP contribution in [0.5, 0.6) is 0 Å². The van der Waals surface area contributed by atoms with Gasteiger partial charge in [0, 0.05) is 32.6 Å². The first-order valence-electron chi connectivity index (χ1n) is 11.3. The topological polar surface area (TPSA) is 79.7 Å². The molecular formula is C25H29N5O2. The predicted molar refractivity (Wildman–Crippen MR) is 124 cm³/mol. The molecule has 0 atom stereocenters. The number of nitriles is 1. The van der Waals surface area contributed by atoms with Crippen molar-refractivity contribution in [2.24, 2.45) is 0 Å². The minimum Gasteiger partial charge on any atom is -0.323 e. The van der Waals surface area contributed by atoms with Crippen molar-refractivity contribution in [2.75, 3.05) is 49.5 Å². The molecule has 2 saturated heterocycles. The molecule has 0 saturated carbocycles. The summed E-state index contributed by atoms with van der Waals surface area (Å²) < 4.78 is 0. The molecule has 4 rings (SSSR count). The monoisotopic (exact) mass is 431 g/mol. The molecule has 166 valence electrons. The molecule has 2 amide bonds. The van der Waals surface area contributed by atoms with E-state index >= 15 is 0 Å². The third kappa shape index (κ3) is 5.52. The normalized spacial score (nSPS) is 17.7. The van der Waals surface area contributed by atoms with E-state index in [1.807, 2.05) is 48.5 Å². The first-order valence-corrected chi connectivity index (χ1v) is 11.3. The maximum Gasteiger partial charge on any atom is 0.238 e. The molecule has 7 nitrogen and oxygen atoms in total. The number of hydrogen-bond donors (Lipinski definition) is 1. The molecule has 2 aliphatic rings. The van der Waals surface area contributed by atoms with Gasteiger partial charge in [0.05, 0.1) is 29.6 Å². The van der Waals surface area contributed by atoms with E-state index in [0.717, 1.165) is 51.3 Å². The SMILES string of the molecule is N#Cc1ccc(CN2CCCN(CC(=O)Nc3ccccc3N3CCCC3=O)CC2)cc1. The Morgan fingerprint density at radius 1 is 0.938 bits per heavy atom. The van der Waals surface area contributed by atoms with Gasteiger partial charge in [-0.1, -0.05) is 24.3 Å². The quantitative estimate of drug-likeness (QED) is 0.761. The van der Waals surface area contributed by atoms with Gasteiger partial charge in [-0.15, -0.1) is 0 Å². The van der Waals surface area contributed by atoms with Crippen molar-refractivity contribution in [3.8, 4) is 6.07 Å². The third-order valence-electron chi connectivity index (χ3n) is 6.08. The molecule has 0 radical (unpaired) electrons. The fourth-order valence-electron chi connectivity index (χ4n) is 4.39. The standard InChI is InChI=1S/C25H29N5O2/c26-17-20-8-10-21(11-9-20)18-28-12-4-13-29(16-15-28)19-24(31)27-22-5-1-2-6-23(22)30-14-3-7-25(30)32/h1-2,5-6,8-11H,3-4,7,12-16,18-19H2,(H,27,31). The van der Waals surface area contributed by atoms with Gasteiger partial charge in [-0.05, 0) is 55.8 Å². The van der Waals surface area contributed by atoms with E-state index in [4.69, 9.17) is 5.26 Å². The van der Waals surface area contributed by atoms with Gasteiger partial charge >= 0.3 is 0 Å². The number of nitrogens with zero attached hydrogens (tertiary/aromatic N) is 4. The summed E-state index contributed by atoms with van der Waals surface area (Å²) >= 11 is 0. The molecule has 2 fully saturated rings. The second-order valence-electron chi connectivity index (χ2n) is 8.43. The van der Waals surface area contributed by atoms with Crippen LogP contribution in [0.4, 0.5) is 11.4 Å². The molecule has 0 aromatic heterocycles. The van der Waals surface area contributed by atoms with Crippen LogP contribution >= 0.6 is 0 Å². The highest BCUT2D eigenvalue weighted by Crippen LogP contribution is 2.29. The van der Waals surface area contributed by atoms with Crippen molar-refractivity contribution < 1.29 is 9.59 Å². The predicted octanol–water partition coefficient (Wildman–Crippen LogP) is 2.83. The van der Waals surface area contributed by atoms with Crippen LogP contribution in [-0.4, -0.2) is 60.9 Å². The summed E-state index contributed by atoms with van der Waals surface area (Å²) in [5.41, 5.74) is 3.36. The highest BCUT2D eigenvalue weighted by atomic mass is 16.2. The molecule has 0 bridgehead atoms. The Labute approximate surface area is 189 Å². The molecular weight excluding hydrogens is 402 g/mol. The largest absolute Gasteiger partial charge is 0.323 e. The van der Waals surface area contributed by atoms with Crippen molar-refractivity contribution in [3.05, 3.63) is 59.7 Å². The summed E-state index contributed by atoms with van der Waals surface area (Å²) in [5.74, 6) is 0.0613. The Hall–Kier alpha value is -3.21. The van der Waals surface area contributed by atoms with Gasteiger partial charge < -0.3 is 10.2 Å². The van der Waals surface area contributed by atoms with Gasteiger partial charge in [-0.2, -0.15) is 5.26 Å². The molecule has 1 N–H and O–H groups in total. The number of hydrogen-bond acceptors (Lipinski definition) is 5. The minimum absolute atomic E-state index is 0.0513. The zero-order valence-electron chi connectivity index (χ0n) is 18.3. The number of anilines is 2. The lowest BCUT2D eigenvalue weighted by Gasteiger charge is -2.23. The van der Waals surface area contributed by atoms with E-state index in [-0.39, 0.29) is 11.8 Å². The van der Waals surface area contributed by atoms with Crippen LogP contribution in [0, 0.1) is 11.3 Å². The Morgan fingerprint density at radius 2 is 1.69 bits per heavy atom. The molecule has 0 unspecified atom stereocenters. The van der Waals surface area contributed by atoms with Gasteiger partial charge in [0.2, 0.25) is 11.8 Å². The molecule has 0 aliphatic carbocycles. The minimum atomic E-state index is -0.0513. The van der Waals surface area contributed by atoms with Crippen molar-refractivity contribution in [2.45, 2.75) is 25.8 Å². The summed E-state index contributed by atoms with van der Waals surface area (Å²) in [6, 6.07) is 17.4. The summed E-state index contributed by atoms with van der Waals surface area (Å²) in [4.78, 5) is 31.3. The van der Waals surface area contributed by atoms with Crippen LogP contribution in [0.15, 0.2) is 48.5 Å². The van der Waals surface area contributed by atoms with Gasteiger partial charge in [0.25, 0.3) is 0 Å². The molecule has 2 heterocycles. The lowest BCUT2D eigenvalue weighted by molar-refractivity contribution is -0.118. The Bertz CT molecular complexity index is 998. The van der Waals surface area contributed by atoms with E-state index < -0.39 is 0 Å². The summed E-state index contributed by atoms with van der Waals surface area (Å²) in [7, 11) is 0. The van der Waals surface area contributed by atoms with Gasteiger partial charge in [0.1, 0.15) is 0 Å². The lowest BCUT2D eigenvalue weighted by atomic mass is 10.1. The number of amides is 2. The van der Waals surface area contributed by atoms with Crippen LogP contribution in [-0.2, 0) is 16.1 Å². The van der Waals surface area contributed by atoms with E-state index in [2.05, 4.69) is 21.2 Å². The highest BCUT2D eigenvalue weighted by molar-refractivity contribution is 6.02. The fraction of sp³-hybridized carbons (Fsp3) is 0.400. The number of carbonyl (C=O) groups excluding carboxylic acids is 2. The number of rotatable bonds is 6. The first-order chi connectivity index (χ1) is 15.6. The van der Waals surface area contributed by atoms with E-state index in [1.54, 1.807) is 4.90 Å².